The Hall–Kier alpha value is -4.86. The van der Waals surface area contributed by atoms with Crippen LogP contribution in [0, 0.1) is 5.82 Å². The molecule has 0 saturated carbocycles. The van der Waals surface area contributed by atoms with Crippen LogP contribution in [0.25, 0.3) is 55.8 Å². The number of pyridine rings is 2. The minimum atomic E-state index is -0.486. The lowest BCUT2D eigenvalue weighted by molar-refractivity contribution is -0.115. The fraction of sp³-hybridized carbons (Fsp3) is 0.0800. The Balaban J connectivity index is 1.47. The maximum atomic E-state index is 15.1. The van der Waals surface area contributed by atoms with Crippen LogP contribution in [0.3, 0.4) is 0 Å². The maximum Gasteiger partial charge on any atom is 0.224 e. The molecule has 0 aliphatic rings. The number of hydrogen-bond acceptors (Lipinski definition) is 6. The summed E-state index contributed by atoms with van der Waals surface area (Å²) in [5.74, 6) is -0.115. The summed E-state index contributed by atoms with van der Waals surface area (Å²) < 4.78 is 20.3. The summed E-state index contributed by atoms with van der Waals surface area (Å²) in [5, 5.41) is 10.4. The molecule has 172 valence electrons. The number of aromatic nitrogens is 6. The first-order valence-corrected chi connectivity index (χ1v) is 10.9. The number of carbonyl (C=O) groups is 1. The molecule has 5 heterocycles. The molecule has 6 rings (SSSR count). The molecule has 0 radical (unpaired) electrons. The number of carbonyl (C=O) groups excluding carboxylic acids is 1. The van der Waals surface area contributed by atoms with Crippen molar-refractivity contribution in [1.29, 1.82) is 0 Å². The summed E-state index contributed by atoms with van der Waals surface area (Å²) in [4.78, 5) is 28.4. The van der Waals surface area contributed by atoms with Crippen molar-refractivity contribution in [3.8, 4) is 33.9 Å². The number of aromatic amines is 2. The molecule has 0 atom stereocenters. The van der Waals surface area contributed by atoms with Gasteiger partial charge in [-0.15, -0.1) is 0 Å². The molecular weight excluding hydrogens is 449 g/mol. The van der Waals surface area contributed by atoms with Gasteiger partial charge in [-0.1, -0.05) is 6.92 Å². The quantitative estimate of drug-likeness (QED) is 0.315. The van der Waals surface area contributed by atoms with Gasteiger partial charge in [-0.2, -0.15) is 5.10 Å². The molecule has 1 aromatic carbocycles. The number of nitrogens with one attached hydrogen (secondary N) is 3. The minimum absolute atomic E-state index is 0.128. The van der Waals surface area contributed by atoms with Gasteiger partial charge in [-0.3, -0.25) is 19.9 Å². The molecule has 10 heteroatoms. The number of benzene rings is 1. The van der Waals surface area contributed by atoms with Crippen molar-refractivity contribution in [1.82, 2.24) is 30.1 Å². The average Bonchev–Trinajstić information content (AvgIpc) is 3.63. The molecule has 35 heavy (non-hydrogen) atoms. The highest BCUT2D eigenvalue weighted by Crippen LogP contribution is 2.34. The van der Waals surface area contributed by atoms with Gasteiger partial charge in [0.2, 0.25) is 5.91 Å². The van der Waals surface area contributed by atoms with E-state index in [0.717, 1.165) is 11.1 Å². The minimum Gasteiger partial charge on any atom is -0.472 e. The lowest BCUT2D eigenvalue weighted by Crippen LogP contribution is -2.09. The predicted octanol–water partition coefficient (Wildman–Crippen LogP) is 5.31. The highest BCUT2D eigenvalue weighted by molar-refractivity contribution is 5.98. The molecule has 0 saturated heterocycles. The summed E-state index contributed by atoms with van der Waals surface area (Å²) in [6, 6.07) is 8.61. The van der Waals surface area contributed by atoms with E-state index in [1.807, 2.05) is 18.2 Å². The third kappa shape index (κ3) is 3.61. The third-order valence-electron chi connectivity index (χ3n) is 5.72. The van der Waals surface area contributed by atoms with E-state index < -0.39 is 5.82 Å². The topological polar surface area (TPSA) is 125 Å². The SMILES string of the molecule is CCC(=O)Nc1cncc(-c2cc(F)c3n[nH]c(-c4nc5c(-c6ccoc6)nccc5[nH]4)c3c2)c1. The second kappa shape index (κ2) is 8.17. The monoisotopic (exact) mass is 467 g/mol. The van der Waals surface area contributed by atoms with Gasteiger partial charge in [0.25, 0.3) is 0 Å². The highest BCUT2D eigenvalue weighted by Gasteiger charge is 2.18. The first kappa shape index (κ1) is 20.7. The van der Waals surface area contributed by atoms with Crippen molar-refractivity contribution < 1.29 is 13.6 Å². The Bertz CT molecular complexity index is 1700. The molecule has 0 spiro atoms. The predicted molar refractivity (Wildman–Crippen MR) is 129 cm³/mol. The zero-order valence-electron chi connectivity index (χ0n) is 18.5. The Morgan fingerprint density at radius 1 is 1.11 bits per heavy atom. The van der Waals surface area contributed by atoms with Crippen LogP contribution >= 0.6 is 0 Å². The molecule has 0 fully saturated rings. The van der Waals surface area contributed by atoms with Crippen LogP contribution in [0.5, 0.6) is 0 Å². The number of imidazole rings is 1. The zero-order valence-corrected chi connectivity index (χ0v) is 18.5. The Kier molecular flexibility index (Phi) is 4.84. The normalized spacial score (nSPS) is 11.4. The second-order valence-electron chi connectivity index (χ2n) is 7.97. The standard InChI is InChI=1S/C25H18FN7O2/c1-2-20(34)29-16-7-15(10-27-11-16)14-8-17-22(18(26)9-14)32-33-23(17)25-30-19-3-5-28-21(24(19)31-25)13-4-6-35-12-13/h3-12H,2H2,1H3,(H,29,34)(H,30,31)(H,32,33). The van der Waals surface area contributed by atoms with Crippen LogP contribution in [0.2, 0.25) is 0 Å². The van der Waals surface area contributed by atoms with Crippen molar-refractivity contribution in [2.24, 2.45) is 0 Å². The van der Waals surface area contributed by atoms with Crippen molar-refractivity contribution >= 4 is 33.5 Å². The summed E-state index contributed by atoms with van der Waals surface area (Å²) in [6.45, 7) is 1.77. The van der Waals surface area contributed by atoms with E-state index in [9.17, 15) is 4.79 Å². The average molecular weight is 467 g/mol. The zero-order chi connectivity index (χ0) is 23.9. The van der Waals surface area contributed by atoms with E-state index in [1.165, 1.54) is 6.07 Å². The van der Waals surface area contributed by atoms with Gasteiger partial charge in [-0.05, 0) is 35.9 Å². The molecule has 9 nitrogen and oxygen atoms in total. The van der Waals surface area contributed by atoms with Crippen LogP contribution in [-0.2, 0) is 4.79 Å². The first-order chi connectivity index (χ1) is 17.1. The number of furan rings is 1. The number of anilines is 1. The van der Waals surface area contributed by atoms with Gasteiger partial charge in [0.15, 0.2) is 11.6 Å². The third-order valence-corrected chi connectivity index (χ3v) is 5.72. The van der Waals surface area contributed by atoms with Gasteiger partial charge >= 0.3 is 0 Å². The molecule has 5 aromatic heterocycles. The summed E-state index contributed by atoms with van der Waals surface area (Å²) in [5.41, 5.74) is 5.43. The largest absolute Gasteiger partial charge is 0.472 e. The summed E-state index contributed by atoms with van der Waals surface area (Å²) in [7, 11) is 0. The van der Waals surface area contributed by atoms with Crippen LogP contribution < -0.4 is 5.32 Å². The number of H-pyrrole nitrogens is 2. The number of fused-ring (bicyclic) bond motifs is 2. The van der Waals surface area contributed by atoms with E-state index >= 15 is 4.39 Å². The molecule has 1 amide bonds. The maximum absolute atomic E-state index is 15.1. The Morgan fingerprint density at radius 2 is 2.03 bits per heavy atom. The molecule has 0 unspecified atom stereocenters. The summed E-state index contributed by atoms with van der Waals surface area (Å²) in [6.07, 6.45) is 8.38. The molecule has 3 N–H and O–H groups in total. The van der Waals surface area contributed by atoms with Gasteiger partial charge in [0, 0.05) is 35.3 Å². The number of amides is 1. The van der Waals surface area contributed by atoms with E-state index in [1.54, 1.807) is 44.1 Å². The van der Waals surface area contributed by atoms with Crippen LogP contribution in [0.4, 0.5) is 10.1 Å². The second-order valence-corrected chi connectivity index (χ2v) is 7.97. The number of nitrogens with zero attached hydrogens (tertiary/aromatic N) is 4. The van der Waals surface area contributed by atoms with Crippen LogP contribution in [0.15, 0.2) is 65.9 Å². The van der Waals surface area contributed by atoms with Gasteiger partial charge in [0.05, 0.1) is 29.9 Å². The van der Waals surface area contributed by atoms with Crippen molar-refractivity contribution in [3.63, 3.8) is 0 Å². The van der Waals surface area contributed by atoms with Gasteiger partial charge in [0.1, 0.15) is 22.4 Å². The smallest absolute Gasteiger partial charge is 0.224 e. The Labute approximate surface area is 197 Å². The molecule has 0 bridgehead atoms. The molecule has 0 aliphatic carbocycles. The fourth-order valence-corrected chi connectivity index (χ4v) is 4.00. The summed E-state index contributed by atoms with van der Waals surface area (Å²) >= 11 is 0. The van der Waals surface area contributed by atoms with Crippen molar-refractivity contribution in [2.75, 3.05) is 5.32 Å². The van der Waals surface area contributed by atoms with Crippen LogP contribution in [-0.4, -0.2) is 36.0 Å². The van der Waals surface area contributed by atoms with Crippen molar-refractivity contribution in [2.45, 2.75) is 13.3 Å². The van der Waals surface area contributed by atoms with Gasteiger partial charge < -0.3 is 14.7 Å². The van der Waals surface area contributed by atoms with E-state index in [2.05, 4.69) is 30.5 Å². The number of halogens is 1. The molecule has 6 aromatic rings. The first-order valence-electron chi connectivity index (χ1n) is 10.9. The van der Waals surface area contributed by atoms with Crippen molar-refractivity contribution in [3.05, 3.63) is 67.3 Å². The van der Waals surface area contributed by atoms with Crippen LogP contribution in [0.1, 0.15) is 13.3 Å². The van der Waals surface area contributed by atoms with E-state index in [0.29, 0.717) is 51.4 Å². The number of rotatable bonds is 5. The lowest BCUT2D eigenvalue weighted by Gasteiger charge is -2.07. The highest BCUT2D eigenvalue weighted by atomic mass is 19.1. The molecule has 0 aliphatic heterocycles. The fourth-order valence-electron chi connectivity index (χ4n) is 4.00. The van der Waals surface area contributed by atoms with Gasteiger partial charge in [-0.25, -0.2) is 9.37 Å². The number of hydrogen-bond donors (Lipinski definition) is 3. The lowest BCUT2D eigenvalue weighted by atomic mass is 10.0. The molecular formula is C25H18FN7O2. The van der Waals surface area contributed by atoms with E-state index in [4.69, 9.17) is 9.40 Å². The Morgan fingerprint density at radius 3 is 2.86 bits per heavy atom. The van der Waals surface area contributed by atoms with E-state index in [-0.39, 0.29) is 11.4 Å².